The van der Waals surface area contributed by atoms with Gasteiger partial charge < -0.3 is 25.3 Å². The van der Waals surface area contributed by atoms with Gasteiger partial charge in [-0.05, 0) is 30.7 Å². The predicted octanol–water partition coefficient (Wildman–Crippen LogP) is 4.11. The van der Waals surface area contributed by atoms with E-state index in [0.717, 1.165) is 17.1 Å². The highest BCUT2D eigenvalue weighted by atomic mass is 35.5. The van der Waals surface area contributed by atoms with Gasteiger partial charge >= 0.3 is 0 Å². The van der Waals surface area contributed by atoms with Crippen LogP contribution in [-0.2, 0) is 4.79 Å². The average Bonchev–Trinajstić information content (AvgIpc) is 3.36. The number of halogens is 2. The number of amides is 2. The summed E-state index contributed by atoms with van der Waals surface area (Å²) in [5, 5.41) is 2.91. The number of hydrogen-bond acceptors (Lipinski definition) is 6. The van der Waals surface area contributed by atoms with E-state index < -0.39 is 10.2 Å². The van der Waals surface area contributed by atoms with Crippen LogP contribution in [0.4, 0.5) is 5.69 Å². The van der Waals surface area contributed by atoms with E-state index in [0.29, 0.717) is 11.3 Å². The average molecular weight is 485 g/mol. The molecule has 1 atom stereocenters. The van der Waals surface area contributed by atoms with Crippen molar-refractivity contribution in [2.45, 2.75) is 15.6 Å². The first kappa shape index (κ1) is 23.4. The van der Waals surface area contributed by atoms with Crippen LogP contribution >= 0.6 is 35.0 Å². The first-order valence-electron chi connectivity index (χ1n) is 9.33. The molecule has 0 aromatic heterocycles. The number of methoxy groups -OCH3 is 2. The van der Waals surface area contributed by atoms with Gasteiger partial charge in [0.25, 0.3) is 11.8 Å². The fourth-order valence-electron chi connectivity index (χ4n) is 2.83. The summed E-state index contributed by atoms with van der Waals surface area (Å²) in [6.07, 6.45) is 0.765. The summed E-state index contributed by atoms with van der Waals surface area (Å²) in [6.45, 7) is -0.351. The number of hydrogen-bond donors (Lipinski definition) is 2. The van der Waals surface area contributed by atoms with Gasteiger partial charge in [0.1, 0.15) is 4.33 Å². The molecule has 10 heteroatoms. The minimum atomic E-state index is -0.646. The number of nitrogens with one attached hydrogen (secondary N) is 1. The van der Waals surface area contributed by atoms with E-state index in [9.17, 15) is 9.59 Å². The third kappa shape index (κ3) is 5.90. The van der Waals surface area contributed by atoms with E-state index >= 15 is 0 Å². The summed E-state index contributed by atoms with van der Waals surface area (Å²) in [6, 6.07) is 10.5. The third-order valence-corrected chi connectivity index (χ3v) is 6.77. The number of anilines is 1. The number of carbonyl (C=O) groups excluding carboxylic acids is 2. The highest BCUT2D eigenvalue weighted by molar-refractivity contribution is 7.99. The van der Waals surface area contributed by atoms with Crippen LogP contribution in [0.3, 0.4) is 0 Å². The van der Waals surface area contributed by atoms with Crippen molar-refractivity contribution < 1.29 is 23.8 Å². The zero-order valence-corrected chi connectivity index (χ0v) is 19.3. The minimum absolute atomic E-state index is 0.186. The normalized spacial score (nSPS) is 16.3. The molecule has 3 rings (SSSR count). The molecule has 7 nitrogen and oxygen atoms in total. The molecule has 166 valence electrons. The zero-order valence-electron chi connectivity index (χ0n) is 16.9. The summed E-state index contributed by atoms with van der Waals surface area (Å²) in [5.41, 5.74) is 6.10. The van der Waals surface area contributed by atoms with Crippen LogP contribution < -0.4 is 25.3 Å². The topological polar surface area (TPSA) is 99.9 Å². The molecule has 2 aromatic carbocycles. The minimum Gasteiger partial charge on any atom is -0.493 e. The molecule has 1 aliphatic rings. The van der Waals surface area contributed by atoms with Crippen molar-refractivity contribution in [1.82, 2.24) is 0 Å². The first-order chi connectivity index (χ1) is 14.7. The molecule has 0 unspecified atom stereocenters. The maximum absolute atomic E-state index is 12.9. The Morgan fingerprint density at radius 2 is 1.81 bits per heavy atom. The summed E-state index contributed by atoms with van der Waals surface area (Å²) >= 11 is 13.8. The van der Waals surface area contributed by atoms with E-state index in [-0.39, 0.29) is 35.7 Å². The van der Waals surface area contributed by atoms with Crippen molar-refractivity contribution in [2.24, 2.45) is 11.7 Å². The molecule has 0 saturated heterocycles. The largest absolute Gasteiger partial charge is 0.493 e. The van der Waals surface area contributed by atoms with Crippen molar-refractivity contribution in [3.05, 3.63) is 42.0 Å². The molecule has 2 amide bonds. The second-order valence-electron chi connectivity index (χ2n) is 6.89. The molecule has 31 heavy (non-hydrogen) atoms. The van der Waals surface area contributed by atoms with Crippen molar-refractivity contribution in [3.8, 4) is 17.2 Å². The van der Waals surface area contributed by atoms with E-state index in [2.05, 4.69) is 5.32 Å². The lowest BCUT2D eigenvalue weighted by Gasteiger charge is -2.16. The van der Waals surface area contributed by atoms with Crippen LogP contribution in [0.15, 0.2) is 41.3 Å². The van der Waals surface area contributed by atoms with E-state index in [1.807, 2.05) is 24.3 Å². The van der Waals surface area contributed by atoms with Crippen LogP contribution in [0, 0.1) is 5.92 Å². The van der Waals surface area contributed by atoms with Crippen LogP contribution in [0.2, 0.25) is 0 Å². The molecule has 0 spiro atoms. The molecule has 2 aromatic rings. The van der Waals surface area contributed by atoms with E-state index in [1.165, 1.54) is 26.4 Å². The van der Waals surface area contributed by atoms with E-state index in [1.54, 1.807) is 11.8 Å². The predicted molar refractivity (Wildman–Crippen MR) is 122 cm³/mol. The molecule has 3 N–H and O–H groups in total. The van der Waals surface area contributed by atoms with Gasteiger partial charge in [-0.15, -0.1) is 35.0 Å². The van der Waals surface area contributed by atoms with Crippen molar-refractivity contribution in [2.75, 3.05) is 31.9 Å². The fraction of sp³-hybridized carbons (Fsp3) is 0.333. The smallest absolute Gasteiger partial charge is 0.255 e. The molecule has 0 aliphatic heterocycles. The van der Waals surface area contributed by atoms with Gasteiger partial charge in [-0.1, -0.05) is 12.1 Å². The summed E-state index contributed by atoms with van der Waals surface area (Å²) < 4.78 is 15.4. The number of ether oxygens (including phenoxy) is 3. The molecule has 0 heterocycles. The Bertz CT molecular complexity index is 961. The van der Waals surface area contributed by atoms with Gasteiger partial charge in [0, 0.05) is 22.1 Å². The Morgan fingerprint density at radius 3 is 2.35 bits per heavy atom. The fourth-order valence-corrected chi connectivity index (χ4v) is 4.77. The van der Waals surface area contributed by atoms with Gasteiger partial charge in [0.15, 0.2) is 18.1 Å². The highest BCUT2D eigenvalue weighted by Crippen LogP contribution is 2.55. The molecule has 1 aliphatic carbocycles. The van der Waals surface area contributed by atoms with Crippen molar-refractivity contribution in [3.63, 3.8) is 0 Å². The van der Waals surface area contributed by atoms with Gasteiger partial charge in [-0.2, -0.15) is 0 Å². The van der Waals surface area contributed by atoms with Crippen LogP contribution in [-0.4, -0.2) is 42.7 Å². The number of rotatable bonds is 10. The van der Waals surface area contributed by atoms with Crippen LogP contribution in [0.5, 0.6) is 17.2 Å². The number of nitrogens with two attached hydrogens (primary N) is 1. The quantitative estimate of drug-likeness (QED) is 0.388. The summed E-state index contributed by atoms with van der Waals surface area (Å²) in [4.78, 5) is 24.9. The number of primary amides is 1. The Morgan fingerprint density at radius 1 is 1.19 bits per heavy atom. The molecule has 1 saturated carbocycles. The number of benzene rings is 2. The molecule has 0 bridgehead atoms. The van der Waals surface area contributed by atoms with E-state index in [4.69, 9.17) is 43.1 Å². The Balaban J connectivity index is 1.78. The Hall–Kier alpha value is -2.29. The monoisotopic (exact) mass is 484 g/mol. The third-order valence-electron chi connectivity index (χ3n) is 4.61. The number of carbonyl (C=O) groups is 2. The maximum atomic E-state index is 12.9. The summed E-state index contributed by atoms with van der Waals surface area (Å²) in [7, 11) is 2.84. The van der Waals surface area contributed by atoms with Gasteiger partial charge in [0.2, 0.25) is 5.75 Å². The second-order valence-corrected chi connectivity index (χ2v) is 9.49. The summed E-state index contributed by atoms with van der Waals surface area (Å²) in [5.74, 6) is 0.643. The van der Waals surface area contributed by atoms with Crippen LogP contribution in [0.25, 0.3) is 0 Å². The van der Waals surface area contributed by atoms with Gasteiger partial charge in [0.05, 0.1) is 19.9 Å². The molecule has 1 fully saturated rings. The number of thioether (sulfide) groups is 1. The number of alkyl halides is 2. The number of para-hydroxylation sites is 1. The van der Waals surface area contributed by atoms with Gasteiger partial charge in [-0.3, -0.25) is 9.59 Å². The molecular formula is C21H22Cl2N2O5S. The first-order valence-corrected chi connectivity index (χ1v) is 11.1. The van der Waals surface area contributed by atoms with Gasteiger partial charge in [-0.25, -0.2) is 0 Å². The maximum Gasteiger partial charge on any atom is 0.255 e. The van der Waals surface area contributed by atoms with Crippen molar-refractivity contribution >= 4 is 52.5 Å². The second kappa shape index (κ2) is 9.89. The zero-order chi connectivity index (χ0) is 22.6. The highest BCUT2D eigenvalue weighted by Gasteiger charge is 2.51. The Kier molecular flexibility index (Phi) is 7.46. The SMILES string of the molecule is COc1cc(C(=O)Nc2ccccc2SC[C@@H]2CC2(Cl)Cl)cc(OC)c1OCC(N)=O. The standard InChI is InChI=1S/C21H22Cl2N2O5S/c1-28-15-7-12(8-16(29-2)19(15)30-10-18(24)26)20(27)25-14-5-3-4-6-17(14)31-11-13-9-21(13,22)23/h3-8,13H,9-11H2,1-2H3,(H2,24,26)(H,25,27)/t13-/m0/s1. The Labute approximate surface area is 194 Å². The molecule has 0 radical (unpaired) electrons. The molecular weight excluding hydrogens is 463 g/mol. The lowest BCUT2D eigenvalue weighted by atomic mass is 10.1. The van der Waals surface area contributed by atoms with Crippen molar-refractivity contribution in [1.29, 1.82) is 0 Å². The lowest BCUT2D eigenvalue weighted by Crippen LogP contribution is -2.20. The van der Waals surface area contributed by atoms with Crippen LogP contribution in [0.1, 0.15) is 16.8 Å². The lowest BCUT2D eigenvalue weighted by molar-refractivity contribution is -0.120.